The minimum Gasteiger partial charge on any atom is -0.382 e. The number of hydrogen-bond acceptors (Lipinski definition) is 1. The number of terminal acetylenes is 1. The lowest BCUT2D eigenvalue weighted by Crippen LogP contribution is -2.03. The smallest absolute Gasteiger partial charge is 0.181 e. The first-order valence-electron chi connectivity index (χ1n) is 3.87. The van der Waals surface area contributed by atoms with Crippen LogP contribution in [-0.2, 0) is 0 Å². The second kappa shape index (κ2) is 4.46. The summed E-state index contributed by atoms with van der Waals surface area (Å²) in [6.07, 6.45) is 5.48. The number of anilines is 1. The van der Waals surface area contributed by atoms with Crippen molar-refractivity contribution in [3.8, 4) is 12.3 Å². The lowest BCUT2D eigenvalue weighted by Gasteiger charge is -2.05. The van der Waals surface area contributed by atoms with Gasteiger partial charge in [0.25, 0.3) is 0 Å². The van der Waals surface area contributed by atoms with Crippen molar-refractivity contribution in [1.29, 1.82) is 0 Å². The highest BCUT2D eigenvalue weighted by molar-refractivity contribution is 5.44. The third-order valence-corrected chi connectivity index (χ3v) is 1.54. The van der Waals surface area contributed by atoms with Gasteiger partial charge in [-0.15, -0.1) is 12.3 Å². The summed E-state index contributed by atoms with van der Waals surface area (Å²) in [5.74, 6) is 0.676. The number of rotatable bonds is 3. The Balaban J connectivity index is 2.67. The number of halogens is 2. The predicted molar refractivity (Wildman–Crippen MR) is 48.3 cm³/mol. The second-order valence-electron chi connectivity index (χ2n) is 2.48. The highest BCUT2D eigenvalue weighted by Gasteiger charge is 2.05. The maximum Gasteiger partial charge on any atom is 0.181 e. The van der Waals surface area contributed by atoms with Crippen LogP contribution in [0.15, 0.2) is 18.2 Å². The van der Waals surface area contributed by atoms with E-state index in [0.717, 1.165) is 6.07 Å². The largest absolute Gasteiger partial charge is 0.382 e. The number of benzene rings is 1. The van der Waals surface area contributed by atoms with E-state index in [1.54, 1.807) is 0 Å². The van der Waals surface area contributed by atoms with E-state index in [9.17, 15) is 8.78 Å². The van der Waals surface area contributed by atoms with Gasteiger partial charge in [0, 0.05) is 13.0 Å². The van der Waals surface area contributed by atoms with Crippen LogP contribution in [-0.4, -0.2) is 6.54 Å². The molecule has 3 heteroatoms. The van der Waals surface area contributed by atoms with Gasteiger partial charge in [0.05, 0.1) is 5.69 Å². The molecule has 0 aromatic heterocycles. The van der Waals surface area contributed by atoms with Gasteiger partial charge in [-0.25, -0.2) is 8.78 Å². The van der Waals surface area contributed by atoms with Crippen LogP contribution in [0.1, 0.15) is 6.42 Å². The first kappa shape index (κ1) is 9.53. The molecule has 0 radical (unpaired) electrons. The van der Waals surface area contributed by atoms with Crippen molar-refractivity contribution in [3.05, 3.63) is 29.8 Å². The lowest BCUT2D eigenvalue weighted by atomic mass is 10.3. The van der Waals surface area contributed by atoms with E-state index < -0.39 is 11.6 Å². The Hall–Kier alpha value is -1.56. The molecule has 0 saturated carbocycles. The van der Waals surface area contributed by atoms with E-state index in [0.29, 0.717) is 13.0 Å². The fourth-order valence-corrected chi connectivity index (χ4v) is 0.910. The van der Waals surface area contributed by atoms with E-state index in [1.807, 2.05) is 0 Å². The Morgan fingerprint density at radius 3 is 2.85 bits per heavy atom. The minimum atomic E-state index is -0.862. The van der Waals surface area contributed by atoms with E-state index in [2.05, 4.69) is 11.2 Å². The number of hydrogen-bond donors (Lipinski definition) is 1. The van der Waals surface area contributed by atoms with Crippen LogP contribution in [0, 0.1) is 24.0 Å². The minimum absolute atomic E-state index is 0.148. The Morgan fingerprint density at radius 1 is 1.38 bits per heavy atom. The predicted octanol–water partition coefficient (Wildman–Crippen LogP) is 2.40. The molecule has 0 saturated heterocycles. The van der Waals surface area contributed by atoms with Crippen molar-refractivity contribution in [2.75, 3.05) is 11.9 Å². The van der Waals surface area contributed by atoms with Crippen molar-refractivity contribution in [2.45, 2.75) is 6.42 Å². The summed E-state index contributed by atoms with van der Waals surface area (Å²) in [5.41, 5.74) is 0.148. The van der Waals surface area contributed by atoms with Crippen LogP contribution in [0.2, 0.25) is 0 Å². The molecule has 0 unspecified atom stereocenters. The van der Waals surface area contributed by atoms with Crippen LogP contribution in [0.4, 0.5) is 14.5 Å². The molecule has 0 aliphatic carbocycles. The zero-order valence-corrected chi connectivity index (χ0v) is 6.98. The van der Waals surface area contributed by atoms with Gasteiger partial charge in [0.1, 0.15) is 0 Å². The summed E-state index contributed by atoms with van der Waals surface area (Å²) in [4.78, 5) is 0. The van der Waals surface area contributed by atoms with Gasteiger partial charge in [-0.1, -0.05) is 6.07 Å². The monoisotopic (exact) mass is 181 g/mol. The SMILES string of the molecule is C#CCCNc1cccc(F)c1F. The van der Waals surface area contributed by atoms with E-state index >= 15 is 0 Å². The molecule has 0 fully saturated rings. The first-order chi connectivity index (χ1) is 6.25. The standard InChI is InChI=1S/C10H9F2N/c1-2-3-7-13-9-6-4-5-8(11)10(9)12/h1,4-6,13H,3,7H2. The van der Waals surface area contributed by atoms with Gasteiger partial charge >= 0.3 is 0 Å². The molecule has 0 bridgehead atoms. The highest BCUT2D eigenvalue weighted by Crippen LogP contribution is 2.15. The van der Waals surface area contributed by atoms with Crippen molar-refractivity contribution >= 4 is 5.69 Å². The van der Waals surface area contributed by atoms with Gasteiger partial charge in [-0.2, -0.15) is 0 Å². The lowest BCUT2D eigenvalue weighted by molar-refractivity contribution is 0.511. The molecule has 1 aromatic carbocycles. The molecule has 0 aliphatic heterocycles. The molecule has 1 N–H and O–H groups in total. The molecule has 1 rings (SSSR count). The van der Waals surface area contributed by atoms with Gasteiger partial charge in [-0.05, 0) is 12.1 Å². The van der Waals surface area contributed by atoms with Crippen LogP contribution in [0.25, 0.3) is 0 Å². The highest BCUT2D eigenvalue weighted by atomic mass is 19.2. The molecule has 0 spiro atoms. The van der Waals surface area contributed by atoms with Crippen molar-refractivity contribution in [2.24, 2.45) is 0 Å². The van der Waals surface area contributed by atoms with Gasteiger partial charge in [0.2, 0.25) is 0 Å². The average Bonchev–Trinajstić information content (AvgIpc) is 2.13. The second-order valence-corrected chi connectivity index (χ2v) is 2.48. The quantitative estimate of drug-likeness (QED) is 0.557. The third-order valence-electron chi connectivity index (χ3n) is 1.54. The summed E-state index contributed by atoms with van der Waals surface area (Å²) < 4.78 is 25.6. The van der Waals surface area contributed by atoms with Gasteiger partial charge in [-0.3, -0.25) is 0 Å². The zero-order valence-electron chi connectivity index (χ0n) is 6.98. The average molecular weight is 181 g/mol. The van der Waals surface area contributed by atoms with E-state index in [1.165, 1.54) is 12.1 Å². The van der Waals surface area contributed by atoms with Crippen LogP contribution in [0.5, 0.6) is 0 Å². The van der Waals surface area contributed by atoms with Crippen LogP contribution in [0.3, 0.4) is 0 Å². The van der Waals surface area contributed by atoms with E-state index in [-0.39, 0.29) is 5.69 Å². The van der Waals surface area contributed by atoms with Crippen molar-refractivity contribution < 1.29 is 8.78 Å². The summed E-state index contributed by atoms with van der Waals surface area (Å²) in [6.45, 7) is 0.441. The van der Waals surface area contributed by atoms with Crippen molar-refractivity contribution in [1.82, 2.24) is 0 Å². The van der Waals surface area contributed by atoms with Crippen LogP contribution >= 0.6 is 0 Å². The fraction of sp³-hybridized carbons (Fsp3) is 0.200. The molecular weight excluding hydrogens is 172 g/mol. The third kappa shape index (κ3) is 2.45. The molecule has 0 heterocycles. The summed E-state index contributed by atoms with van der Waals surface area (Å²) >= 11 is 0. The maximum atomic E-state index is 12.9. The van der Waals surface area contributed by atoms with Crippen molar-refractivity contribution in [3.63, 3.8) is 0 Å². The molecule has 0 amide bonds. The molecule has 0 aliphatic rings. The Kier molecular flexibility index (Phi) is 3.27. The Morgan fingerprint density at radius 2 is 2.15 bits per heavy atom. The molecule has 68 valence electrons. The van der Waals surface area contributed by atoms with Crippen LogP contribution < -0.4 is 5.32 Å². The molecule has 0 atom stereocenters. The maximum absolute atomic E-state index is 12.9. The molecule has 13 heavy (non-hydrogen) atoms. The first-order valence-corrected chi connectivity index (χ1v) is 3.87. The Labute approximate surface area is 75.8 Å². The summed E-state index contributed by atoms with van der Waals surface area (Å²) in [7, 11) is 0. The topological polar surface area (TPSA) is 12.0 Å². The Bertz CT molecular complexity index is 328. The van der Waals surface area contributed by atoms with E-state index in [4.69, 9.17) is 6.42 Å². The fourth-order valence-electron chi connectivity index (χ4n) is 0.910. The molecular formula is C10H9F2N. The normalized spacial score (nSPS) is 9.31. The molecule has 1 nitrogen and oxygen atoms in total. The van der Waals surface area contributed by atoms with Gasteiger partial charge in [0.15, 0.2) is 11.6 Å². The molecule has 1 aromatic rings. The zero-order chi connectivity index (χ0) is 9.68. The van der Waals surface area contributed by atoms with Gasteiger partial charge < -0.3 is 5.32 Å². The summed E-state index contributed by atoms with van der Waals surface area (Å²) in [6, 6.07) is 3.98. The summed E-state index contributed by atoms with van der Waals surface area (Å²) in [5, 5.41) is 2.70. The number of nitrogens with one attached hydrogen (secondary N) is 1.